The van der Waals surface area contributed by atoms with Crippen LogP contribution in [-0.2, 0) is 13.5 Å². The highest BCUT2D eigenvalue weighted by Gasteiger charge is 2.18. The highest BCUT2D eigenvalue weighted by molar-refractivity contribution is 9.10. The first-order chi connectivity index (χ1) is 8.90. The monoisotopic (exact) mass is 344 g/mol. The van der Waals surface area contributed by atoms with Gasteiger partial charge in [0.15, 0.2) is 5.78 Å². The van der Waals surface area contributed by atoms with Crippen molar-refractivity contribution in [1.82, 2.24) is 9.78 Å². The number of aromatic nitrogens is 2. The Labute approximate surface area is 123 Å². The molecule has 2 aromatic rings. The zero-order valence-electron chi connectivity index (χ0n) is 10.4. The van der Waals surface area contributed by atoms with Gasteiger partial charge >= 0.3 is 0 Å². The Morgan fingerprint density at radius 2 is 2.21 bits per heavy atom. The van der Waals surface area contributed by atoms with Gasteiger partial charge in [-0.3, -0.25) is 9.48 Å². The molecule has 0 saturated carbocycles. The molecule has 0 fully saturated rings. The Hall–Kier alpha value is -1.20. The molecule has 19 heavy (non-hydrogen) atoms. The van der Waals surface area contributed by atoms with Crippen molar-refractivity contribution in [3.05, 3.63) is 50.5 Å². The average Bonchev–Trinajstić information content (AvgIpc) is 2.56. The second kappa shape index (κ2) is 5.43. The summed E-state index contributed by atoms with van der Waals surface area (Å²) < 4.78 is 15.8. The van der Waals surface area contributed by atoms with E-state index in [1.54, 1.807) is 20.0 Å². The van der Waals surface area contributed by atoms with Crippen LogP contribution in [0.25, 0.3) is 0 Å². The molecule has 0 bridgehead atoms. The van der Waals surface area contributed by atoms with Crippen molar-refractivity contribution < 1.29 is 9.18 Å². The summed E-state index contributed by atoms with van der Waals surface area (Å²) in [5, 5.41) is 4.53. The third kappa shape index (κ3) is 2.87. The molecule has 0 aliphatic carbocycles. The zero-order valence-corrected chi connectivity index (χ0v) is 12.7. The van der Waals surface area contributed by atoms with Gasteiger partial charge in [-0.05, 0) is 25.1 Å². The van der Waals surface area contributed by atoms with Crippen molar-refractivity contribution in [3.63, 3.8) is 0 Å². The molecular formula is C13H11BrClFN2O. The molecule has 0 radical (unpaired) electrons. The second-order valence-corrected chi connectivity index (χ2v) is 5.48. The lowest BCUT2D eigenvalue weighted by atomic mass is 10.0. The van der Waals surface area contributed by atoms with Gasteiger partial charge in [0.1, 0.15) is 11.0 Å². The fourth-order valence-corrected chi connectivity index (χ4v) is 2.42. The summed E-state index contributed by atoms with van der Waals surface area (Å²) in [4.78, 5) is 12.1. The number of nitrogens with zero attached hydrogens (tertiary/aromatic N) is 2. The van der Waals surface area contributed by atoms with Crippen LogP contribution in [0, 0.1) is 12.7 Å². The van der Waals surface area contributed by atoms with Crippen LogP contribution in [0.15, 0.2) is 22.7 Å². The van der Waals surface area contributed by atoms with Gasteiger partial charge in [0.2, 0.25) is 0 Å². The fourth-order valence-electron chi connectivity index (χ4n) is 1.85. The highest BCUT2D eigenvalue weighted by Crippen LogP contribution is 2.22. The minimum absolute atomic E-state index is 0.0387. The molecule has 6 heteroatoms. The number of benzene rings is 1. The van der Waals surface area contributed by atoms with Gasteiger partial charge in [0, 0.05) is 23.5 Å². The first-order valence-corrected chi connectivity index (χ1v) is 6.73. The summed E-state index contributed by atoms with van der Waals surface area (Å²) in [6.45, 7) is 1.77. The SMILES string of the molecule is Cc1nn(C)c(Cl)c1CC(=O)c1ccc(Br)cc1F. The standard InChI is InChI=1S/C13H11BrClFN2O/c1-7-10(13(15)18(2)17-7)6-12(19)9-4-3-8(14)5-11(9)16/h3-5H,6H2,1-2H3. The van der Waals surface area contributed by atoms with E-state index < -0.39 is 5.82 Å². The van der Waals surface area contributed by atoms with Crippen LogP contribution in [0.4, 0.5) is 4.39 Å². The van der Waals surface area contributed by atoms with Crippen LogP contribution in [0.1, 0.15) is 21.6 Å². The van der Waals surface area contributed by atoms with Crippen molar-refractivity contribution in [2.45, 2.75) is 13.3 Å². The maximum Gasteiger partial charge on any atom is 0.170 e. The molecule has 1 heterocycles. The number of hydrogen-bond donors (Lipinski definition) is 0. The number of halogens is 3. The van der Waals surface area contributed by atoms with Crippen molar-refractivity contribution in [2.24, 2.45) is 7.05 Å². The van der Waals surface area contributed by atoms with Gasteiger partial charge in [0.05, 0.1) is 11.3 Å². The van der Waals surface area contributed by atoms with Crippen LogP contribution in [0.5, 0.6) is 0 Å². The summed E-state index contributed by atoms with van der Waals surface area (Å²) >= 11 is 9.21. The van der Waals surface area contributed by atoms with Crippen molar-refractivity contribution in [3.8, 4) is 0 Å². The van der Waals surface area contributed by atoms with E-state index in [1.807, 2.05) is 0 Å². The van der Waals surface area contributed by atoms with Crippen molar-refractivity contribution in [1.29, 1.82) is 0 Å². The van der Waals surface area contributed by atoms with Crippen LogP contribution >= 0.6 is 27.5 Å². The summed E-state index contributed by atoms with van der Waals surface area (Å²) in [6, 6.07) is 4.36. The smallest absolute Gasteiger partial charge is 0.170 e. The summed E-state index contributed by atoms with van der Waals surface area (Å²) in [5.74, 6) is -0.861. The minimum Gasteiger partial charge on any atom is -0.294 e. The van der Waals surface area contributed by atoms with E-state index in [4.69, 9.17) is 11.6 Å². The van der Waals surface area contributed by atoms with E-state index in [1.165, 1.54) is 16.8 Å². The van der Waals surface area contributed by atoms with Gasteiger partial charge in [-0.1, -0.05) is 27.5 Å². The molecule has 1 aromatic heterocycles. The number of carbonyl (C=O) groups excluding carboxylic acids is 1. The Morgan fingerprint density at radius 1 is 1.53 bits per heavy atom. The lowest BCUT2D eigenvalue weighted by Crippen LogP contribution is -2.07. The number of hydrogen-bond acceptors (Lipinski definition) is 2. The predicted octanol–water partition coefficient (Wildman–Crippen LogP) is 3.71. The molecular weight excluding hydrogens is 335 g/mol. The Kier molecular flexibility index (Phi) is 4.06. The lowest BCUT2D eigenvalue weighted by molar-refractivity contribution is 0.0989. The van der Waals surface area contributed by atoms with Crippen LogP contribution in [-0.4, -0.2) is 15.6 Å². The van der Waals surface area contributed by atoms with Gasteiger partial charge in [-0.25, -0.2) is 4.39 Å². The van der Waals surface area contributed by atoms with Crippen LogP contribution < -0.4 is 0 Å². The molecule has 0 aliphatic heterocycles. The summed E-state index contributed by atoms with van der Waals surface area (Å²) in [7, 11) is 1.70. The molecule has 0 saturated heterocycles. The number of ketones is 1. The van der Waals surface area contributed by atoms with E-state index in [0.717, 1.165) is 0 Å². The van der Waals surface area contributed by atoms with Crippen LogP contribution in [0.2, 0.25) is 5.15 Å². The first-order valence-electron chi connectivity index (χ1n) is 5.56. The first kappa shape index (κ1) is 14.2. The number of aryl methyl sites for hydroxylation is 2. The lowest BCUT2D eigenvalue weighted by Gasteiger charge is -2.03. The van der Waals surface area contributed by atoms with E-state index >= 15 is 0 Å². The van der Waals surface area contributed by atoms with E-state index in [2.05, 4.69) is 21.0 Å². The molecule has 3 nitrogen and oxygen atoms in total. The molecule has 2 rings (SSSR count). The summed E-state index contributed by atoms with van der Waals surface area (Å²) in [5.41, 5.74) is 1.37. The quantitative estimate of drug-likeness (QED) is 0.795. The summed E-state index contributed by atoms with van der Waals surface area (Å²) in [6.07, 6.45) is 0.0387. The van der Waals surface area contributed by atoms with Crippen LogP contribution in [0.3, 0.4) is 0 Å². The molecule has 0 spiro atoms. The highest BCUT2D eigenvalue weighted by atomic mass is 79.9. The van der Waals surface area contributed by atoms with Crippen molar-refractivity contribution >= 4 is 33.3 Å². The topological polar surface area (TPSA) is 34.9 Å². The molecule has 0 aliphatic rings. The van der Waals surface area contributed by atoms with Gasteiger partial charge < -0.3 is 0 Å². The maximum atomic E-state index is 13.7. The van der Waals surface area contributed by atoms with E-state index in [-0.39, 0.29) is 17.8 Å². The molecule has 0 atom stereocenters. The zero-order chi connectivity index (χ0) is 14.2. The van der Waals surface area contributed by atoms with Crippen molar-refractivity contribution in [2.75, 3.05) is 0 Å². The third-order valence-electron chi connectivity index (χ3n) is 2.84. The molecule has 0 unspecified atom stereocenters. The largest absolute Gasteiger partial charge is 0.294 e. The Balaban J connectivity index is 2.31. The second-order valence-electron chi connectivity index (χ2n) is 4.20. The van der Waals surface area contributed by atoms with E-state index in [0.29, 0.717) is 20.9 Å². The normalized spacial score (nSPS) is 10.8. The number of rotatable bonds is 3. The molecule has 0 amide bonds. The number of Topliss-reactive ketones (excluding diaryl/α,β-unsaturated/α-hetero) is 1. The predicted molar refractivity (Wildman–Crippen MR) is 75.1 cm³/mol. The minimum atomic E-state index is -0.544. The number of carbonyl (C=O) groups is 1. The molecule has 100 valence electrons. The fraction of sp³-hybridized carbons (Fsp3) is 0.231. The molecule has 1 aromatic carbocycles. The molecule has 0 N–H and O–H groups in total. The van der Waals surface area contributed by atoms with Gasteiger partial charge in [-0.2, -0.15) is 5.10 Å². The maximum absolute atomic E-state index is 13.7. The average molecular weight is 346 g/mol. The Bertz CT molecular complexity index is 654. The Morgan fingerprint density at radius 3 is 2.74 bits per heavy atom. The third-order valence-corrected chi connectivity index (χ3v) is 3.80. The van der Waals surface area contributed by atoms with Gasteiger partial charge in [-0.15, -0.1) is 0 Å². The van der Waals surface area contributed by atoms with Gasteiger partial charge in [0.25, 0.3) is 0 Å². The van der Waals surface area contributed by atoms with E-state index in [9.17, 15) is 9.18 Å².